The lowest BCUT2D eigenvalue weighted by Gasteiger charge is -1.98. The number of aryl methyl sites for hydroxylation is 1. The van der Waals surface area contributed by atoms with Gasteiger partial charge in [-0.25, -0.2) is 9.50 Å². The molecule has 0 radical (unpaired) electrons. The van der Waals surface area contributed by atoms with Gasteiger partial charge in [0.1, 0.15) is 16.4 Å². The number of amides is 1. The van der Waals surface area contributed by atoms with Crippen molar-refractivity contribution in [3.63, 3.8) is 0 Å². The summed E-state index contributed by atoms with van der Waals surface area (Å²) in [6.07, 6.45) is 2.50. The van der Waals surface area contributed by atoms with E-state index in [1.165, 1.54) is 11.8 Å². The van der Waals surface area contributed by atoms with E-state index in [0.29, 0.717) is 10.9 Å². The van der Waals surface area contributed by atoms with Crippen molar-refractivity contribution in [1.82, 2.24) is 19.9 Å². The Labute approximate surface area is 151 Å². The van der Waals surface area contributed by atoms with Gasteiger partial charge in [-0.15, -0.1) is 5.10 Å². The van der Waals surface area contributed by atoms with Crippen LogP contribution in [0.25, 0.3) is 16.2 Å². The van der Waals surface area contributed by atoms with Crippen LogP contribution in [0.2, 0.25) is 0 Å². The number of nitrogens with zero attached hydrogens (tertiary/aromatic N) is 5. The zero-order valence-corrected chi connectivity index (χ0v) is 15.0. The molecule has 1 aliphatic heterocycles. The zero-order valence-electron chi connectivity index (χ0n) is 13.3. The van der Waals surface area contributed by atoms with Gasteiger partial charge in [-0.2, -0.15) is 10.2 Å². The summed E-state index contributed by atoms with van der Waals surface area (Å²) in [6, 6.07) is 9.92. The Morgan fingerprint density at radius 3 is 2.92 bits per heavy atom. The van der Waals surface area contributed by atoms with Gasteiger partial charge in [0.15, 0.2) is 5.17 Å². The number of hydrogen-bond donors (Lipinski definition) is 1. The van der Waals surface area contributed by atoms with Crippen LogP contribution in [0, 0.1) is 0 Å². The molecule has 0 bridgehead atoms. The molecule has 0 atom stereocenters. The Bertz CT molecular complexity index is 989. The molecule has 4 rings (SSSR count). The summed E-state index contributed by atoms with van der Waals surface area (Å²) >= 11 is 2.91. The molecular formula is C16H14N6OS2. The number of nitrogens with one attached hydrogen (secondary N) is 1. The first-order valence-corrected chi connectivity index (χ1v) is 9.52. The highest BCUT2D eigenvalue weighted by Gasteiger charge is 2.18. The third kappa shape index (κ3) is 3.20. The summed E-state index contributed by atoms with van der Waals surface area (Å²) in [4.78, 5) is 16.8. The molecule has 0 unspecified atom stereocenters. The first-order valence-electron chi connectivity index (χ1n) is 7.72. The van der Waals surface area contributed by atoms with Crippen LogP contribution in [0.1, 0.15) is 17.6 Å². The number of aromatic nitrogens is 3. The highest BCUT2D eigenvalue weighted by Crippen LogP contribution is 2.26. The SMILES string of the molecule is CCc1nn2c(/C=N/N=C3/NC(=O)CS3)c(-c3ccccc3)nc2s1. The molecule has 3 heterocycles. The van der Waals surface area contributed by atoms with Crippen molar-refractivity contribution in [2.45, 2.75) is 13.3 Å². The van der Waals surface area contributed by atoms with E-state index in [0.717, 1.165) is 33.3 Å². The van der Waals surface area contributed by atoms with E-state index in [1.54, 1.807) is 22.1 Å². The number of amidine groups is 1. The fourth-order valence-corrected chi connectivity index (χ4v) is 3.86. The number of fused-ring (bicyclic) bond motifs is 1. The summed E-state index contributed by atoms with van der Waals surface area (Å²) in [6.45, 7) is 2.07. The number of imidazole rings is 1. The number of thioether (sulfide) groups is 1. The monoisotopic (exact) mass is 370 g/mol. The number of carbonyl (C=O) groups is 1. The standard InChI is InChI=1S/C16H14N6OS2/c1-2-13-21-22-11(8-17-20-15-18-12(23)9-24-15)14(19-16(22)25-13)10-6-4-3-5-7-10/h3-8H,2,9H2,1H3,(H,18,20,23)/b17-8+. The molecular weight excluding hydrogens is 356 g/mol. The molecule has 0 spiro atoms. The first-order chi connectivity index (χ1) is 12.2. The first kappa shape index (κ1) is 16.0. The molecule has 0 aliphatic carbocycles. The van der Waals surface area contributed by atoms with Crippen molar-refractivity contribution in [2.24, 2.45) is 10.2 Å². The maximum absolute atomic E-state index is 11.2. The van der Waals surface area contributed by atoms with Gasteiger partial charge in [0.05, 0.1) is 12.0 Å². The third-order valence-electron chi connectivity index (χ3n) is 3.54. The lowest BCUT2D eigenvalue weighted by atomic mass is 10.1. The van der Waals surface area contributed by atoms with E-state index in [9.17, 15) is 4.79 Å². The number of benzene rings is 1. The topological polar surface area (TPSA) is 84.0 Å². The van der Waals surface area contributed by atoms with Crippen LogP contribution in [0.5, 0.6) is 0 Å². The Kier molecular flexibility index (Phi) is 4.33. The molecule has 1 amide bonds. The van der Waals surface area contributed by atoms with Crippen molar-refractivity contribution in [2.75, 3.05) is 5.75 Å². The van der Waals surface area contributed by atoms with Crippen LogP contribution in [0.15, 0.2) is 40.5 Å². The number of hydrogen-bond acceptors (Lipinski definition) is 7. The molecule has 126 valence electrons. The van der Waals surface area contributed by atoms with Crippen LogP contribution in [-0.2, 0) is 11.2 Å². The lowest BCUT2D eigenvalue weighted by molar-refractivity contribution is -0.116. The van der Waals surface area contributed by atoms with Crippen molar-refractivity contribution in [1.29, 1.82) is 0 Å². The summed E-state index contributed by atoms with van der Waals surface area (Å²) < 4.78 is 1.80. The molecule has 1 fully saturated rings. The minimum atomic E-state index is -0.0530. The van der Waals surface area contributed by atoms with Gasteiger partial charge in [0, 0.05) is 5.56 Å². The average molecular weight is 370 g/mol. The van der Waals surface area contributed by atoms with Crippen LogP contribution in [0.4, 0.5) is 0 Å². The van der Waals surface area contributed by atoms with Crippen molar-refractivity contribution in [3.8, 4) is 11.3 Å². The highest BCUT2D eigenvalue weighted by atomic mass is 32.2. The van der Waals surface area contributed by atoms with E-state index in [-0.39, 0.29) is 5.91 Å². The van der Waals surface area contributed by atoms with E-state index < -0.39 is 0 Å². The number of carbonyl (C=O) groups excluding carboxylic acids is 1. The van der Waals surface area contributed by atoms with Gasteiger partial charge in [-0.3, -0.25) is 4.79 Å². The van der Waals surface area contributed by atoms with Crippen LogP contribution < -0.4 is 5.32 Å². The predicted octanol–water partition coefficient (Wildman–Crippen LogP) is 2.57. The Balaban J connectivity index is 1.76. The molecule has 25 heavy (non-hydrogen) atoms. The Morgan fingerprint density at radius 2 is 2.20 bits per heavy atom. The molecule has 3 aromatic rings. The van der Waals surface area contributed by atoms with Crippen molar-refractivity contribution in [3.05, 3.63) is 41.0 Å². The molecule has 1 aliphatic rings. The van der Waals surface area contributed by atoms with Crippen molar-refractivity contribution < 1.29 is 4.79 Å². The Morgan fingerprint density at radius 1 is 1.36 bits per heavy atom. The maximum atomic E-state index is 11.2. The normalized spacial score (nSPS) is 16.4. The second-order valence-electron chi connectivity index (χ2n) is 5.24. The molecule has 7 nitrogen and oxygen atoms in total. The van der Waals surface area contributed by atoms with Gasteiger partial charge in [0.2, 0.25) is 10.9 Å². The summed E-state index contributed by atoms with van der Waals surface area (Å²) in [5.41, 5.74) is 2.58. The van der Waals surface area contributed by atoms with Crippen LogP contribution >= 0.6 is 23.1 Å². The molecule has 1 N–H and O–H groups in total. The minimum absolute atomic E-state index is 0.0530. The molecule has 9 heteroatoms. The molecule has 0 saturated carbocycles. The largest absolute Gasteiger partial charge is 0.303 e. The fourth-order valence-electron chi connectivity index (χ4n) is 2.39. The minimum Gasteiger partial charge on any atom is -0.303 e. The van der Waals surface area contributed by atoms with E-state index in [2.05, 4.69) is 27.5 Å². The van der Waals surface area contributed by atoms with Crippen LogP contribution in [-0.4, -0.2) is 37.6 Å². The average Bonchev–Trinajstić information content (AvgIpc) is 3.31. The highest BCUT2D eigenvalue weighted by molar-refractivity contribution is 8.15. The van der Waals surface area contributed by atoms with Gasteiger partial charge in [0.25, 0.3) is 0 Å². The quantitative estimate of drug-likeness (QED) is 0.565. The zero-order chi connectivity index (χ0) is 17.2. The second-order valence-corrected chi connectivity index (χ2v) is 7.25. The smallest absolute Gasteiger partial charge is 0.236 e. The van der Waals surface area contributed by atoms with E-state index in [4.69, 9.17) is 4.98 Å². The molecule has 1 saturated heterocycles. The Hall–Kier alpha value is -2.52. The van der Waals surface area contributed by atoms with Gasteiger partial charge >= 0.3 is 0 Å². The number of rotatable bonds is 4. The maximum Gasteiger partial charge on any atom is 0.236 e. The second kappa shape index (κ2) is 6.77. The fraction of sp³-hybridized carbons (Fsp3) is 0.188. The molecule has 2 aromatic heterocycles. The van der Waals surface area contributed by atoms with Gasteiger partial charge in [-0.05, 0) is 6.42 Å². The predicted molar refractivity (Wildman–Crippen MR) is 101 cm³/mol. The van der Waals surface area contributed by atoms with Gasteiger partial charge in [-0.1, -0.05) is 60.4 Å². The summed E-state index contributed by atoms with van der Waals surface area (Å²) in [5.74, 6) is 0.328. The van der Waals surface area contributed by atoms with E-state index >= 15 is 0 Å². The van der Waals surface area contributed by atoms with E-state index in [1.807, 2.05) is 30.3 Å². The lowest BCUT2D eigenvalue weighted by Crippen LogP contribution is -2.19. The van der Waals surface area contributed by atoms with Crippen molar-refractivity contribution >= 4 is 45.3 Å². The summed E-state index contributed by atoms with van der Waals surface area (Å²) in [5, 5.41) is 17.0. The van der Waals surface area contributed by atoms with Crippen LogP contribution in [0.3, 0.4) is 0 Å². The third-order valence-corrected chi connectivity index (χ3v) is 5.46. The summed E-state index contributed by atoms with van der Waals surface area (Å²) in [7, 11) is 0. The van der Waals surface area contributed by atoms with Gasteiger partial charge < -0.3 is 5.32 Å². The molecule has 1 aromatic carbocycles.